The molecule has 0 saturated heterocycles. The lowest BCUT2D eigenvalue weighted by atomic mass is 9.75. The average Bonchev–Trinajstić information content (AvgIpc) is 3.00. The van der Waals surface area contributed by atoms with Gasteiger partial charge in [-0.2, -0.15) is 0 Å². The molecule has 0 aliphatic heterocycles. The minimum atomic E-state index is -0.149. The topological polar surface area (TPSA) is 35.1 Å². The lowest BCUT2D eigenvalue weighted by molar-refractivity contribution is -0.634. The summed E-state index contributed by atoms with van der Waals surface area (Å²) < 4.78 is 11.4. The molecule has 31 heavy (non-hydrogen) atoms. The number of carbonyl (C=O) groups is 1. The normalized spacial score (nSPS) is 21.5. The average molecular weight is 484 g/mol. The van der Waals surface area contributed by atoms with Gasteiger partial charge in [-0.1, -0.05) is 55.3 Å². The zero-order chi connectivity index (χ0) is 22.1. The zero-order valence-corrected chi connectivity index (χ0v) is 20.4. The van der Waals surface area contributed by atoms with Crippen LogP contribution < -0.4 is 4.57 Å². The molecule has 3 atom stereocenters. The quantitative estimate of drug-likeness (QED) is 0.334. The van der Waals surface area contributed by atoms with Crippen LogP contribution >= 0.6 is 15.9 Å². The molecule has 5 heteroatoms. The van der Waals surface area contributed by atoms with E-state index in [9.17, 15) is 4.79 Å². The van der Waals surface area contributed by atoms with Crippen LogP contribution in [0.4, 0.5) is 0 Å². The number of rotatable bonds is 5. The Hall–Kier alpha value is -2.14. The van der Waals surface area contributed by atoms with Crippen molar-refractivity contribution in [2.45, 2.75) is 52.7 Å². The van der Waals surface area contributed by atoms with E-state index in [2.05, 4.69) is 77.1 Å². The van der Waals surface area contributed by atoms with Crippen LogP contribution in [0.25, 0.3) is 22.4 Å². The van der Waals surface area contributed by atoms with E-state index < -0.39 is 0 Å². The van der Waals surface area contributed by atoms with Crippen molar-refractivity contribution < 1.29 is 14.1 Å². The molecule has 1 aliphatic rings. The zero-order valence-electron chi connectivity index (χ0n) is 18.8. The number of benzene rings is 2. The highest BCUT2D eigenvalue weighted by atomic mass is 79.9. The number of ether oxygens (including phenoxy) is 1. The second-order valence-electron chi connectivity index (χ2n) is 9.32. The van der Waals surface area contributed by atoms with Crippen molar-refractivity contribution in [3.05, 3.63) is 53.0 Å². The van der Waals surface area contributed by atoms with Gasteiger partial charge in [0.05, 0.1) is 12.6 Å². The maximum Gasteiger partial charge on any atom is 0.348 e. The van der Waals surface area contributed by atoms with Gasteiger partial charge in [0, 0.05) is 4.47 Å². The summed E-state index contributed by atoms with van der Waals surface area (Å²) in [6, 6.07) is 16.5. The van der Waals surface area contributed by atoms with Gasteiger partial charge in [0.25, 0.3) is 5.82 Å². The van der Waals surface area contributed by atoms with Crippen molar-refractivity contribution in [3.8, 4) is 11.4 Å². The Balaban J connectivity index is 1.67. The summed E-state index contributed by atoms with van der Waals surface area (Å²) in [7, 11) is 2.05. The molecule has 2 aromatic carbocycles. The molecule has 164 valence electrons. The minimum absolute atomic E-state index is 0.0166. The van der Waals surface area contributed by atoms with E-state index in [0.29, 0.717) is 17.8 Å². The van der Waals surface area contributed by atoms with Crippen LogP contribution in [0.3, 0.4) is 0 Å². The van der Waals surface area contributed by atoms with E-state index in [1.54, 1.807) is 0 Å². The Morgan fingerprint density at radius 2 is 1.87 bits per heavy atom. The number of hydrogen-bond acceptors (Lipinski definition) is 2. The predicted octanol–water partition coefficient (Wildman–Crippen LogP) is 5.90. The van der Waals surface area contributed by atoms with Crippen LogP contribution in [0.1, 0.15) is 40.0 Å². The number of para-hydroxylation sites is 2. The van der Waals surface area contributed by atoms with Gasteiger partial charge in [0.2, 0.25) is 0 Å². The van der Waals surface area contributed by atoms with E-state index in [4.69, 9.17) is 4.74 Å². The van der Waals surface area contributed by atoms with Gasteiger partial charge in [0.15, 0.2) is 17.6 Å². The lowest BCUT2D eigenvalue weighted by Gasteiger charge is -2.36. The highest BCUT2D eigenvalue weighted by Crippen LogP contribution is 2.35. The second kappa shape index (κ2) is 9.15. The van der Waals surface area contributed by atoms with Crippen LogP contribution in [-0.2, 0) is 23.1 Å². The molecule has 0 radical (unpaired) electrons. The fraction of sp³-hybridized carbons (Fsp3) is 0.462. The molecular formula is C26H32BrN2O2+. The van der Waals surface area contributed by atoms with Crippen molar-refractivity contribution in [2.75, 3.05) is 0 Å². The Bertz CT molecular complexity index is 1070. The molecule has 3 aromatic rings. The third-order valence-electron chi connectivity index (χ3n) is 6.74. The third-order valence-corrected chi connectivity index (χ3v) is 7.27. The van der Waals surface area contributed by atoms with Gasteiger partial charge in [-0.15, -0.1) is 0 Å². The first kappa shape index (κ1) is 22.1. The monoisotopic (exact) mass is 483 g/mol. The summed E-state index contributed by atoms with van der Waals surface area (Å²) >= 11 is 3.52. The number of esters is 1. The fourth-order valence-corrected chi connectivity index (χ4v) is 5.34. The van der Waals surface area contributed by atoms with Crippen molar-refractivity contribution in [1.29, 1.82) is 0 Å². The molecule has 1 aromatic heterocycles. The fourth-order valence-electron chi connectivity index (χ4n) is 5.08. The van der Waals surface area contributed by atoms with Gasteiger partial charge in [-0.25, -0.2) is 13.9 Å². The molecule has 0 amide bonds. The van der Waals surface area contributed by atoms with Gasteiger partial charge < -0.3 is 4.74 Å². The molecule has 1 fully saturated rings. The molecule has 1 saturated carbocycles. The third kappa shape index (κ3) is 4.57. The van der Waals surface area contributed by atoms with Crippen molar-refractivity contribution >= 4 is 32.9 Å². The number of imidazole rings is 1. The molecular weight excluding hydrogens is 452 g/mol. The first-order valence-electron chi connectivity index (χ1n) is 11.3. The molecule has 0 spiro atoms. The van der Waals surface area contributed by atoms with E-state index >= 15 is 0 Å². The summed E-state index contributed by atoms with van der Waals surface area (Å²) in [6.07, 6.45) is 3.35. The van der Waals surface area contributed by atoms with Gasteiger partial charge in [-0.3, -0.25) is 0 Å². The van der Waals surface area contributed by atoms with Crippen molar-refractivity contribution in [1.82, 2.24) is 4.57 Å². The maximum atomic E-state index is 13.2. The summed E-state index contributed by atoms with van der Waals surface area (Å²) in [5.74, 6) is 2.43. The molecule has 4 rings (SSSR count). The van der Waals surface area contributed by atoms with Crippen LogP contribution in [0.5, 0.6) is 0 Å². The number of halogens is 1. The second-order valence-corrected chi connectivity index (χ2v) is 10.2. The van der Waals surface area contributed by atoms with Crippen LogP contribution in [0.15, 0.2) is 53.0 Å². The Morgan fingerprint density at radius 1 is 1.16 bits per heavy atom. The molecule has 4 nitrogen and oxygen atoms in total. The van der Waals surface area contributed by atoms with E-state index in [0.717, 1.165) is 39.7 Å². The highest BCUT2D eigenvalue weighted by Gasteiger charge is 2.34. The number of nitrogens with zero attached hydrogens (tertiary/aromatic N) is 2. The minimum Gasteiger partial charge on any atom is -0.459 e. The number of aryl methyl sites for hydroxylation is 1. The smallest absolute Gasteiger partial charge is 0.348 e. The first-order valence-corrected chi connectivity index (χ1v) is 12.1. The maximum absolute atomic E-state index is 13.2. The van der Waals surface area contributed by atoms with Crippen LogP contribution in [-0.4, -0.2) is 16.6 Å². The molecule has 0 N–H and O–H groups in total. The molecule has 1 aliphatic carbocycles. The Labute approximate surface area is 193 Å². The van der Waals surface area contributed by atoms with E-state index in [1.165, 1.54) is 6.42 Å². The highest BCUT2D eigenvalue weighted by molar-refractivity contribution is 9.10. The molecule has 0 bridgehead atoms. The first-order chi connectivity index (χ1) is 14.8. The Morgan fingerprint density at radius 3 is 2.58 bits per heavy atom. The summed E-state index contributed by atoms with van der Waals surface area (Å²) in [5, 5.41) is 0. The van der Waals surface area contributed by atoms with Crippen molar-refractivity contribution in [3.63, 3.8) is 0 Å². The van der Waals surface area contributed by atoms with E-state index in [-0.39, 0.29) is 18.6 Å². The van der Waals surface area contributed by atoms with Gasteiger partial charge >= 0.3 is 5.97 Å². The summed E-state index contributed by atoms with van der Waals surface area (Å²) in [4.78, 5) is 13.2. The van der Waals surface area contributed by atoms with E-state index in [1.807, 2.05) is 24.3 Å². The predicted molar refractivity (Wildman–Crippen MR) is 127 cm³/mol. The standard InChI is InChI=1S/C26H32BrN2O2/c1-17(2)21-14-9-18(3)15-24(21)31-25(30)16-29-23-8-6-5-7-22(23)28(4)26(29)19-10-12-20(27)13-11-19/h5-8,10-13,17-18,21,24H,9,14-16H2,1-4H3/q+1/t18-,21+,24-/m1/s1. The number of fused-ring (bicyclic) bond motifs is 1. The number of hydrogen-bond donors (Lipinski definition) is 0. The Kier molecular flexibility index (Phi) is 6.52. The number of carbonyl (C=O) groups excluding carboxylic acids is 1. The largest absolute Gasteiger partial charge is 0.459 e. The molecule has 0 unspecified atom stereocenters. The summed E-state index contributed by atoms with van der Waals surface area (Å²) in [6.45, 7) is 6.96. The van der Waals surface area contributed by atoms with Crippen LogP contribution in [0.2, 0.25) is 0 Å². The van der Waals surface area contributed by atoms with Gasteiger partial charge in [0.1, 0.15) is 6.10 Å². The number of aromatic nitrogens is 2. The summed E-state index contributed by atoms with van der Waals surface area (Å²) in [5.41, 5.74) is 3.21. The van der Waals surface area contributed by atoms with Crippen molar-refractivity contribution in [2.24, 2.45) is 24.8 Å². The SMILES string of the molecule is CC(C)[C@@H]1CC[C@@H](C)C[C@H]1OC(=O)Cn1c(-c2ccc(Br)cc2)[n+](C)c2ccccc21. The molecule has 1 heterocycles. The lowest BCUT2D eigenvalue weighted by Crippen LogP contribution is -2.37. The van der Waals surface area contributed by atoms with Gasteiger partial charge in [-0.05, 0) is 67.0 Å². The van der Waals surface area contributed by atoms with Crippen LogP contribution in [0, 0.1) is 17.8 Å².